The number of carbonyl (C=O) groups is 1. The van der Waals surface area contributed by atoms with Crippen LogP contribution in [0.2, 0.25) is 0 Å². The first kappa shape index (κ1) is 33.5. The number of esters is 1. The number of fused-ring (bicyclic) bond motifs is 1. The van der Waals surface area contributed by atoms with E-state index in [0.717, 1.165) is 10.0 Å². The average Bonchev–Trinajstić information content (AvgIpc) is 3.79. The molecule has 0 radical (unpaired) electrons. The zero-order chi connectivity index (χ0) is 34.7. The lowest BCUT2D eigenvalue weighted by Crippen LogP contribution is -2.26. The van der Waals surface area contributed by atoms with E-state index in [4.69, 9.17) is 19.7 Å². The lowest BCUT2D eigenvalue weighted by Gasteiger charge is -2.19. The SMILES string of the molecule is CNc1cc(Nc2ccccc2)cc(C(=O)OCC#Cc2cn([C@H]3C[C@@H](O)[C@@H](COP(=O)(O)n4ccnc4C)O3)c3nc(N)[nH]c(=O)c23)c1. The van der Waals surface area contributed by atoms with Crippen LogP contribution in [0.15, 0.2) is 71.9 Å². The third-order valence-corrected chi connectivity index (χ3v) is 9.17. The molecule has 17 heteroatoms. The van der Waals surface area contributed by atoms with Crippen LogP contribution in [0.1, 0.15) is 34.4 Å². The van der Waals surface area contributed by atoms with Crippen molar-refractivity contribution in [3.8, 4) is 11.8 Å². The lowest BCUT2D eigenvalue weighted by molar-refractivity contribution is -0.0398. The molecule has 2 aromatic carbocycles. The number of H-pyrrole nitrogens is 1. The molecule has 4 heterocycles. The van der Waals surface area contributed by atoms with E-state index in [-0.39, 0.29) is 41.4 Å². The Morgan fingerprint density at radius 3 is 2.73 bits per heavy atom. The molecule has 0 saturated carbocycles. The maximum Gasteiger partial charge on any atom is 0.437 e. The van der Waals surface area contributed by atoms with Crippen LogP contribution in [0.4, 0.5) is 23.0 Å². The van der Waals surface area contributed by atoms with Crippen molar-refractivity contribution in [2.24, 2.45) is 0 Å². The fraction of sp³-hybridized carbons (Fsp3) is 0.250. The van der Waals surface area contributed by atoms with Gasteiger partial charge in [0.1, 0.15) is 18.2 Å². The monoisotopic (exact) mass is 688 g/mol. The molecule has 6 rings (SSSR count). The Balaban J connectivity index is 1.17. The van der Waals surface area contributed by atoms with Gasteiger partial charge in [-0.1, -0.05) is 30.0 Å². The van der Waals surface area contributed by atoms with Gasteiger partial charge in [-0.2, -0.15) is 4.98 Å². The van der Waals surface area contributed by atoms with E-state index in [9.17, 15) is 24.2 Å². The molecular weight excluding hydrogens is 655 g/mol. The number of aromatic nitrogens is 5. The number of imidazole rings is 1. The number of nitrogens with two attached hydrogens (primary N) is 1. The largest absolute Gasteiger partial charge is 0.449 e. The predicted octanol–water partition coefficient (Wildman–Crippen LogP) is 3.12. The summed E-state index contributed by atoms with van der Waals surface area (Å²) in [4.78, 5) is 46.9. The summed E-state index contributed by atoms with van der Waals surface area (Å²) in [5.41, 5.74) is 8.21. The number of para-hydroxylation sites is 1. The zero-order valence-electron chi connectivity index (χ0n) is 26.4. The van der Waals surface area contributed by atoms with Crippen LogP contribution in [0.25, 0.3) is 11.0 Å². The summed E-state index contributed by atoms with van der Waals surface area (Å²) in [7, 11) is -2.55. The highest BCUT2D eigenvalue weighted by molar-refractivity contribution is 7.51. The number of aliphatic hydroxyl groups excluding tert-OH is 1. The van der Waals surface area contributed by atoms with Crippen LogP contribution >= 0.6 is 7.75 Å². The number of aliphatic hydroxyl groups is 1. The quantitative estimate of drug-likeness (QED) is 0.0706. The summed E-state index contributed by atoms with van der Waals surface area (Å²) < 4.78 is 31.9. The summed E-state index contributed by atoms with van der Waals surface area (Å²) in [6.07, 6.45) is 1.34. The summed E-state index contributed by atoms with van der Waals surface area (Å²) in [5.74, 6) is 5.16. The molecule has 5 aromatic rings. The standard InChI is InChI=1S/C32H33N8O8P/c1-19-35-10-11-40(19)49(44,45)47-18-26-25(41)16-27(48-26)39-17-20(28-29(39)37-32(33)38-30(28)42)7-6-12-46-31(43)21-13-23(34-2)15-24(14-21)36-22-8-4-3-5-9-22/h3-5,8-11,13-15,17,25-27,34,36,41H,12,16,18H2,1-2H3,(H,44,45)(H3,33,37,38,42)/t25-,26-,27-/m1/s1. The predicted molar refractivity (Wildman–Crippen MR) is 180 cm³/mol. The number of hydrogen-bond donors (Lipinski definition) is 6. The summed E-state index contributed by atoms with van der Waals surface area (Å²) in [6, 6.07) is 14.7. The van der Waals surface area contributed by atoms with Crippen molar-refractivity contribution in [3.63, 3.8) is 0 Å². The van der Waals surface area contributed by atoms with Gasteiger partial charge in [0.05, 0.1) is 29.2 Å². The van der Waals surface area contributed by atoms with Crippen LogP contribution in [-0.2, 0) is 18.6 Å². The molecule has 0 amide bonds. The molecule has 16 nitrogen and oxygen atoms in total. The Bertz CT molecular complexity index is 2170. The molecular formula is C32H33N8O8P. The molecule has 3 aromatic heterocycles. The van der Waals surface area contributed by atoms with Crippen molar-refractivity contribution < 1.29 is 33.4 Å². The maximum absolute atomic E-state index is 13.0. The average molecular weight is 689 g/mol. The topological polar surface area (TPSA) is 221 Å². The van der Waals surface area contributed by atoms with Gasteiger partial charge in [-0.3, -0.25) is 14.3 Å². The minimum Gasteiger partial charge on any atom is -0.449 e. The number of aromatic amines is 1. The van der Waals surface area contributed by atoms with Gasteiger partial charge >= 0.3 is 13.7 Å². The molecule has 1 aliphatic rings. The van der Waals surface area contributed by atoms with Gasteiger partial charge in [0.25, 0.3) is 5.56 Å². The number of nitrogens with zero attached hydrogens (tertiary/aromatic N) is 4. The second kappa shape index (κ2) is 14.0. The summed E-state index contributed by atoms with van der Waals surface area (Å²) in [6.45, 7) is 0.860. The van der Waals surface area contributed by atoms with Gasteiger partial charge in [0, 0.05) is 49.1 Å². The highest BCUT2D eigenvalue weighted by Gasteiger charge is 2.38. The Hall–Kier alpha value is -5.43. The molecule has 1 unspecified atom stereocenters. The molecule has 1 aliphatic heterocycles. The highest BCUT2D eigenvalue weighted by Crippen LogP contribution is 2.45. The number of nitrogen functional groups attached to an aromatic ring is 1. The smallest absolute Gasteiger partial charge is 0.437 e. The second-order valence-electron chi connectivity index (χ2n) is 11.1. The molecule has 4 atom stereocenters. The van der Waals surface area contributed by atoms with Crippen LogP contribution in [0.5, 0.6) is 0 Å². The fourth-order valence-electron chi connectivity index (χ4n) is 5.36. The van der Waals surface area contributed by atoms with Crippen molar-refractivity contribution in [1.82, 2.24) is 23.9 Å². The number of aryl methyl sites for hydroxylation is 1. The molecule has 254 valence electrons. The molecule has 1 fully saturated rings. The first-order valence-corrected chi connectivity index (χ1v) is 16.6. The van der Waals surface area contributed by atoms with Crippen molar-refractivity contribution >= 4 is 47.8 Å². The van der Waals surface area contributed by atoms with Gasteiger partial charge in [-0.15, -0.1) is 0 Å². The number of nitrogens with one attached hydrogen (secondary N) is 3. The van der Waals surface area contributed by atoms with Gasteiger partial charge in [0.15, 0.2) is 12.3 Å². The van der Waals surface area contributed by atoms with E-state index < -0.39 is 44.3 Å². The lowest BCUT2D eigenvalue weighted by atomic mass is 10.1. The number of carbonyl (C=O) groups excluding carboxylic acids is 1. The summed E-state index contributed by atoms with van der Waals surface area (Å²) in [5, 5.41) is 17.1. The van der Waals surface area contributed by atoms with Crippen LogP contribution in [0.3, 0.4) is 0 Å². The van der Waals surface area contributed by atoms with E-state index in [2.05, 4.69) is 37.4 Å². The molecule has 0 bridgehead atoms. The molecule has 49 heavy (non-hydrogen) atoms. The zero-order valence-corrected chi connectivity index (χ0v) is 27.3. The van der Waals surface area contributed by atoms with Crippen molar-refractivity contribution in [3.05, 3.63) is 94.4 Å². The number of anilines is 4. The fourth-order valence-corrected chi connectivity index (χ4v) is 6.47. The van der Waals surface area contributed by atoms with Crippen LogP contribution in [-0.4, -0.2) is 72.3 Å². The first-order valence-electron chi connectivity index (χ1n) is 15.1. The van der Waals surface area contributed by atoms with Crippen molar-refractivity contribution in [1.29, 1.82) is 0 Å². The van der Waals surface area contributed by atoms with Gasteiger partial charge in [-0.25, -0.2) is 18.7 Å². The molecule has 0 spiro atoms. The number of hydrogen-bond acceptors (Lipinski definition) is 12. The summed E-state index contributed by atoms with van der Waals surface area (Å²) >= 11 is 0. The van der Waals surface area contributed by atoms with E-state index in [1.165, 1.54) is 23.2 Å². The second-order valence-corrected chi connectivity index (χ2v) is 12.7. The van der Waals surface area contributed by atoms with Crippen molar-refractivity contribution in [2.75, 3.05) is 36.6 Å². The Labute approximate surface area is 279 Å². The number of ether oxygens (including phenoxy) is 2. The molecule has 0 aliphatic carbocycles. The molecule has 1 saturated heterocycles. The highest BCUT2D eigenvalue weighted by atomic mass is 31.2. The normalized spacial score (nSPS) is 18.4. The first-order chi connectivity index (χ1) is 23.5. The van der Waals surface area contributed by atoms with E-state index in [1.807, 2.05) is 36.4 Å². The minimum atomic E-state index is -4.30. The van der Waals surface area contributed by atoms with Gasteiger partial charge < -0.3 is 40.4 Å². The maximum atomic E-state index is 13.0. The van der Waals surface area contributed by atoms with Crippen LogP contribution < -0.4 is 21.9 Å². The van der Waals surface area contributed by atoms with E-state index in [0.29, 0.717) is 16.9 Å². The Kier molecular flexibility index (Phi) is 9.54. The van der Waals surface area contributed by atoms with Crippen LogP contribution in [0, 0.1) is 18.8 Å². The van der Waals surface area contributed by atoms with E-state index >= 15 is 0 Å². The Morgan fingerprint density at radius 2 is 2.00 bits per heavy atom. The third kappa shape index (κ3) is 7.36. The molecule has 7 N–H and O–H groups in total. The van der Waals surface area contributed by atoms with Crippen molar-refractivity contribution in [2.45, 2.75) is 31.8 Å². The number of rotatable bonds is 10. The number of benzene rings is 2. The third-order valence-electron chi connectivity index (χ3n) is 7.71. The minimum absolute atomic E-state index is 0.0449. The Morgan fingerprint density at radius 1 is 1.22 bits per heavy atom. The van der Waals surface area contributed by atoms with Gasteiger partial charge in [0.2, 0.25) is 5.95 Å². The van der Waals surface area contributed by atoms with E-state index in [1.54, 1.807) is 26.1 Å². The van der Waals surface area contributed by atoms with Gasteiger partial charge in [-0.05, 0) is 37.3 Å².